The third kappa shape index (κ3) is 3.63. The molecule has 1 aromatic heterocycles. The van der Waals surface area contributed by atoms with Gasteiger partial charge in [0.05, 0.1) is 31.3 Å². The number of nitrogens with one attached hydrogen (secondary N) is 1. The Hall–Kier alpha value is -3.32. The van der Waals surface area contributed by atoms with E-state index in [4.69, 9.17) is 20.9 Å². The van der Waals surface area contributed by atoms with Crippen LogP contribution in [-0.4, -0.2) is 31.7 Å². The summed E-state index contributed by atoms with van der Waals surface area (Å²) in [7, 11) is 3.18. The van der Waals surface area contributed by atoms with Gasteiger partial charge >= 0.3 is 0 Å². The highest BCUT2D eigenvalue weighted by molar-refractivity contribution is 6.07. The number of nitrogens with zero attached hydrogens (tertiary/aromatic N) is 1. The summed E-state index contributed by atoms with van der Waals surface area (Å²) < 4.78 is 10.7. The second-order valence-electron chi connectivity index (χ2n) is 5.97. The van der Waals surface area contributed by atoms with Gasteiger partial charge in [0, 0.05) is 23.8 Å². The van der Waals surface area contributed by atoms with Crippen molar-refractivity contribution in [1.82, 2.24) is 4.98 Å². The van der Waals surface area contributed by atoms with Gasteiger partial charge in [-0.25, -0.2) is 0 Å². The monoisotopic (exact) mass is 366 g/mol. The van der Waals surface area contributed by atoms with E-state index in [2.05, 4.69) is 10.3 Å². The highest BCUT2D eigenvalue weighted by Crippen LogP contribution is 2.32. The molecule has 0 radical (unpaired) electrons. The second kappa shape index (κ2) is 7.92. The molecule has 0 aliphatic rings. The molecule has 0 saturated carbocycles. The number of rotatable bonds is 7. The van der Waals surface area contributed by atoms with Gasteiger partial charge in [-0.05, 0) is 29.8 Å². The first-order chi connectivity index (χ1) is 13.1. The molecule has 0 aliphatic heterocycles. The molecule has 7 nitrogen and oxygen atoms in total. The van der Waals surface area contributed by atoms with E-state index in [-0.39, 0.29) is 6.04 Å². The Bertz CT molecular complexity index is 975. The van der Waals surface area contributed by atoms with E-state index < -0.39 is 5.91 Å². The molecule has 0 aliphatic carbocycles. The predicted octanol–water partition coefficient (Wildman–Crippen LogP) is 2.46. The number of benzene rings is 2. The molecule has 0 fully saturated rings. The molecule has 1 amide bonds. The molecular weight excluding hydrogens is 344 g/mol. The van der Waals surface area contributed by atoms with Crippen molar-refractivity contribution < 1.29 is 14.3 Å². The van der Waals surface area contributed by atoms with E-state index in [9.17, 15) is 4.79 Å². The van der Waals surface area contributed by atoms with Gasteiger partial charge in [0.25, 0.3) is 5.91 Å². The number of methoxy groups -OCH3 is 2. The lowest BCUT2D eigenvalue weighted by Gasteiger charge is -2.21. The van der Waals surface area contributed by atoms with Gasteiger partial charge in [-0.3, -0.25) is 9.78 Å². The Morgan fingerprint density at radius 2 is 1.93 bits per heavy atom. The maximum atomic E-state index is 11.7. The Morgan fingerprint density at radius 3 is 2.59 bits per heavy atom. The van der Waals surface area contributed by atoms with E-state index in [1.54, 1.807) is 32.5 Å². The highest BCUT2D eigenvalue weighted by atomic mass is 16.5. The zero-order valence-electron chi connectivity index (χ0n) is 15.2. The fraction of sp³-hybridized carbons (Fsp3) is 0.200. The number of ether oxygens (including phenoxy) is 2. The SMILES string of the molecule is COc1ccc([C@@H](CN)Nc2ccnc3c(C(N)=O)cccc23)cc1OC. The van der Waals surface area contributed by atoms with Crippen LogP contribution >= 0.6 is 0 Å². The van der Waals surface area contributed by atoms with Crippen LogP contribution < -0.4 is 26.3 Å². The molecule has 27 heavy (non-hydrogen) atoms. The fourth-order valence-corrected chi connectivity index (χ4v) is 3.04. The minimum absolute atomic E-state index is 0.173. The Labute approximate surface area is 157 Å². The maximum Gasteiger partial charge on any atom is 0.250 e. The molecular formula is C20H22N4O3. The summed E-state index contributed by atoms with van der Waals surface area (Å²) in [6, 6.07) is 12.7. The first-order valence-electron chi connectivity index (χ1n) is 8.45. The molecule has 140 valence electrons. The number of anilines is 1. The minimum atomic E-state index is -0.513. The number of hydrogen-bond acceptors (Lipinski definition) is 6. The zero-order valence-corrected chi connectivity index (χ0v) is 15.2. The zero-order chi connectivity index (χ0) is 19.4. The molecule has 1 atom stereocenters. The molecule has 5 N–H and O–H groups in total. The minimum Gasteiger partial charge on any atom is -0.493 e. The molecule has 0 unspecified atom stereocenters. The lowest BCUT2D eigenvalue weighted by atomic mass is 10.0. The third-order valence-electron chi connectivity index (χ3n) is 4.41. The summed E-state index contributed by atoms with van der Waals surface area (Å²) in [6.45, 7) is 0.356. The number of amides is 1. The smallest absolute Gasteiger partial charge is 0.250 e. The van der Waals surface area contributed by atoms with Gasteiger partial charge in [0.2, 0.25) is 0 Å². The summed E-state index contributed by atoms with van der Waals surface area (Å²) in [5.74, 6) is 0.767. The number of carbonyl (C=O) groups is 1. The molecule has 1 heterocycles. The van der Waals surface area contributed by atoms with Crippen LogP contribution in [0.15, 0.2) is 48.7 Å². The average molecular weight is 366 g/mol. The topological polar surface area (TPSA) is 112 Å². The van der Waals surface area contributed by atoms with Crippen molar-refractivity contribution in [1.29, 1.82) is 0 Å². The number of pyridine rings is 1. The van der Waals surface area contributed by atoms with E-state index in [0.29, 0.717) is 29.1 Å². The quantitative estimate of drug-likeness (QED) is 0.592. The Morgan fingerprint density at radius 1 is 1.15 bits per heavy atom. The van der Waals surface area contributed by atoms with Crippen molar-refractivity contribution in [2.45, 2.75) is 6.04 Å². The van der Waals surface area contributed by atoms with Gasteiger partial charge < -0.3 is 26.3 Å². The molecule has 0 saturated heterocycles. The third-order valence-corrected chi connectivity index (χ3v) is 4.41. The van der Waals surface area contributed by atoms with Crippen LogP contribution in [0.4, 0.5) is 5.69 Å². The van der Waals surface area contributed by atoms with Crippen molar-refractivity contribution in [3.05, 3.63) is 59.8 Å². The maximum absolute atomic E-state index is 11.7. The first kappa shape index (κ1) is 18.5. The predicted molar refractivity (Wildman–Crippen MR) is 105 cm³/mol. The number of carbonyl (C=O) groups excluding carboxylic acids is 1. The van der Waals surface area contributed by atoms with E-state index >= 15 is 0 Å². The van der Waals surface area contributed by atoms with Crippen molar-refractivity contribution in [3.63, 3.8) is 0 Å². The fourth-order valence-electron chi connectivity index (χ4n) is 3.04. The number of aromatic nitrogens is 1. The van der Waals surface area contributed by atoms with Gasteiger partial charge in [-0.15, -0.1) is 0 Å². The van der Waals surface area contributed by atoms with Crippen LogP contribution in [0, 0.1) is 0 Å². The van der Waals surface area contributed by atoms with E-state index in [1.165, 1.54) is 0 Å². The summed E-state index contributed by atoms with van der Waals surface area (Å²) in [4.78, 5) is 16.0. The number of fused-ring (bicyclic) bond motifs is 1. The summed E-state index contributed by atoms with van der Waals surface area (Å²) in [6.07, 6.45) is 1.64. The van der Waals surface area contributed by atoms with Crippen LogP contribution in [0.3, 0.4) is 0 Å². The molecule has 3 aromatic rings. The molecule has 0 spiro atoms. The molecule has 7 heteroatoms. The van der Waals surface area contributed by atoms with Gasteiger partial charge in [-0.2, -0.15) is 0 Å². The highest BCUT2D eigenvalue weighted by Gasteiger charge is 2.16. The van der Waals surface area contributed by atoms with Crippen LogP contribution in [0.25, 0.3) is 10.9 Å². The van der Waals surface area contributed by atoms with Crippen LogP contribution in [0.5, 0.6) is 11.5 Å². The average Bonchev–Trinajstić information content (AvgIpc) is 2.70. The number of para-hydroxylation sites is 1. The van der Waals surface area contributed by atoms with Crippen molar-refractivity contribution in [3.8, 4) is 11.5 Å². The van der Waals surface area contributed by atoms with Gasteiger partial charge in [0.1, 0.15) is 0 Å². The van der Waals surface area contributed by atoms with E-state index in [0.717, 1.165) is 16.6 Å². The normalized spacial score (nSPS) is 11.8. The standard InChI is InChI=1S/C20H22N4O3/c1-26-17-7-6-12(10-18(17)27-2)16(11-21)24-15-8-9-23-19-13(15)4-3-5-14(19)20(22)25/h3-10,16H,11,21H2,1-2H3,(H2,22,25)(H,23,24)/t16-/m1/s1. The van der Waals surface area contributed by atoms with Crippen molar-refractivity contribution in [2.75, 3.05) is 26.1 Å². The molecule has 0 bridgehead atoms. The summed E-state index contributed by atoms with van der Waals surface area (Å²) in [5.41, 5.74) is 14.2. The summed E-state index contributed by atoms with van der Waals surface area (Å²) in [5, 5.41) is 4.23. The lowest BCUT2D eigenvalue weighted by molar-refractivity contribution is 0.100. The lowest BCUT2D eigenvalue weighted by Crippen LogP contribution is -2.21. The van der Waals surface area contributed by atoms with Crippen LogP contribution in [0.1, 0.15) is 22.0 Å². The van der Waals surface area contributed by atoms with Crippen molar-refractivity contribution >= 4 is 22.5 Å². The molecule has 2 aromatic carbocycles. The van der Waals surface area contributed by atoms with Crippen LogP contribution in [-0.2, 0) is 0 Å². The Kier molecular flexibility index (Phi) is 5.42. The second-order valence-corrected chi connectivity index (χ2v) is 5.97. The van der Waals surface area contributed by atoms with E-state index in [1.807, 2.05) is 30.3 Å². The van der Waals surface area contributed by atoms with Crippen LogP contribution in [0.2, 0.25) is 0 Å². The Balaban J connectivity index is 2.00. The number of nitrogens with two attached hydrogens (primary N) is 2. The number of primary amides is 1. The van der Waals surface area contributed by atoms with Gasteiger partial charge in [0.15, 0.2) is 11.5 Å². The first-order valence-corrected chi connectivity index (χ1v) is 8.45. The number of hydrogen-bond donors (Lipinski definition) is 3. The van der Waals surface area contributed by atoms with Crippen molar-refractivity contribution in [2.24, 2.45) is 11.5 Å². The molecule has 3 rings (SSSR count). The largest absolute Gasteiger partial charge is 0.493 e. The van der Waals surface area contributed by atoms with Gasteiger partial charge in [-0.1, -0.05) is 18.2 Å². The summed E-state index contributed by atoms with van der Waals surface area (Å²) >= 11 is 0.